The van der Waals surface area contributed by atoms with Crippen LogP contribution in [0.25, 0.3) is 5.69 Å². The molecule has 9 nitrogen and oxygen atoms in total. The summed E-state index contributed by atoms with van der Waals surface area (Å²) in [4.78, 5) is 36.4. The lowest BCUT2D eigenvalue weighted by molar-refractivity contribution is -0.114. The fourth-order valence-corrected chi connectivity index (χ4v) is 3.44. The topological polar surface area (TPSA) is 128 Å². The average molecular weight is 468 g/mol. The van der Waals surface area contributed by atoms with E-state index in [0.29, 0.717) is 11.4 Å². The minimum absolute atomic E-state index is 0.0677. The number of anilines is 1. The lowest BCUT2D eigenvalue weighted by Crippen LogP contribution is -2.23. The summed E-state index contributed by atoms with van der Waals surface area (Å²) in [5.74, 6) is -1.91. The molecule has 10 heteroatoms. The van der Waals surface area contributed by atoms with Gasteiger partial charge in [0.1, 0.15) is 11.6 Å². The van der Waals surface area contributed by atoms with E-state index in [-0.39, 0.29) is 41.1 Å². The third kappa shape index (κ3) is 5.22. The maximum absolute atomic E-state index is 13.6. The van der Waals surface area contributed by atoms with Crippen molar-refractivity contribution < 1.29 is 23.5 Å². The summed E-state index contributed by atoms with van der Waals surface area (Å²) in [6.07, 6.45) is 0. The van der Waals surface area contributed by atoms with E-state index in [2.05, 4.69) is 15.7 Å². The molecular weight excluding hydrogens is 441 g/mol. The quantitative estimate of drug-likeness (QED) is 0.469. The van der Waals surface area contributed by atoms with Crippen molar-refractivity contribution in [2.24, 2.45) is 5.73 Å². The van der Waals surface area contributed by atoms with Crippen molar-refractivity contribution in [1.82, 2.24) is 15.1 Å². The zero-order valence-corrected chi connectivity index (χ0v) is 19.3. The third-order valence-electron chi connectivity index (χ3n) is 5.03. The SMILES string of the molecule is COc1ccc(F)cc1C(=O)NCc1ccc(-n2nc(C(C)C)c(NC(C)=O)c2C(N)=O)cc1. The van der Waals surface area contributed by atoms with Gasteiger partial charge in [0.15, 0.2) is 5.69 Å². The molecule has 0 aliphatic heterocycles. The molecule has 4 N–H and O–H groups in total. The number of nitrogens with two attached hydrogens (primary N) is 1. The van der Waals surface area contributed by atoms with Crippen LogP contribution in [0.5, 0.6) is 5.75 Å². The predicted octanol–water partition coefficient (Wildman–Crippen LogP) is 3.13. The molecule has 0 aliphatic rings. The first-order valence-electron chi connectivity index (χ1n) is 10.5. The molecule has 1 aromatic heterocycles. The molecule has 0 atom stereocenters. The fourth-order valence-electron chi connectivity index (χ4n) is 3.44. The van der Waals surface area contributed by atoms with Gasteiger partial charge >= 0.3 is 0 Å². The molecule has 0 fully saturated rings. The number of carbonyl (C=O) groups excluding carboxylic acids is 3. The predicted molar refractivity (Wildman–Crippen MR) is 125 cm³/mol. The summed E-state index contributed by atoms with van der Waals surface area (Å²) in [7, 11) is 1.40. The Hall–Kier alpha value is -4.21. The van der Waals surface area contributed by atoms with Crippen LogP contribution in [-0.2, 0) is 11.3 Å². The van der Waals surface area contributed by atoms with Crippen LogP contribution < -0.4 is 21.1 Å². The van der Waals surface area contributed by atoms with Crippen LogP contribution in [0.4, 0.5) is 10.1 Å². The number of primary amides is 1. The Morgan fingerprint density at radius 1 is 1.15 bits per heavy atom. The standard InChI is InChI=1S/C24H26FN5O4/c1-13(2)20-21(28-14(3)31)22(23(26)32)30(29-20)17-8-5-15(6-9-17)12-27-24(33)18-11-16(25)7-10-19(18)34-4/h5-11,13H,12H2,1-4H3,(H2,26,32)(H,27,33)(H,28,31). The zero-order valence-electron chi connectivity index (χ0n) is 19.3. The lowest BCUT2D eigenvalue weighted by atomic mass is 10.1. The number of carbonyl (C=O) groups is 3. The van der Waals surface area contributed by atoms with Crippen molar-refractivity contribution in [3.05, 3.63) is 70.8 Å². The summed E-state index contributed by atoms with van der Waals surface area (Å²) in [5, 5.41) is 9.89. The zero-order chi connectivity index (χ0) is 25.0. The van der Waals surface area contributed by atoms with Crippen LogP contribution in [0, 0.1) is 5.82 Å². The minimum atomic E-state index is -0.733. The Kier molecular flexibility index (Phi) is 7.30. The van der Waals surface area contributed by atoms with Gasteiger partial charge in [0.25, 0.3) is 11.8 Å². The Bertz CT molecular complexity index is 1230. The van der Waals surface area contributed by atoms with Crippen molar-refractivity contribution in [3.8, 4) is 11.4 Å². The van der Waals surface area contributed by atoms with Gasteiger partial charge in [-0.25, -0.2) is 9.07 Å². The second-order valence-electron chi connectivity index (χ2n) is 7.91. The van der Waals surface area contributed by atoms with Gasteiger partial charge in [-0.2, -0.15) is 5.10 Å². The van der Waals surface area contributed by atoms with Crippen LogP contribution in [0.2, 0.25) is 0 Å². The van der Waals surface area contributed by atoms with Crippen molar-refractivity contribution in [1.29, 1.82) is 0 Å². The Morgan fingerprint density at radius 3 is 2.38 bits per heavy atom. The second kappa shape index (κ2) is 10.2. The number of ether oxygens (including phenoxy) is 1. The first kappa shape index (κ1) is 24.4. The average Bonchev–Trinajstić information content (AvgIpc) is 3.16. The van der Waals surface area contributed by atoms with Crippen molar-refractivity contribution in [3.63, 3.8) is 0 Å². The summed E-state index contributed by atoms with van der Waals surface area (Å²) in [6, 6.07) is 10.6. The van der Waals surface area contributed by atoms with Gasteiger partial charge in [0.05, 0.1) is 29.7 Å². The van der Waals surface area contributed by atoms with E-state index in [9.17, 15) is 18.8 Å². The fraction of sp³-hybridized carbons (Fsp3) is 0.250. The highest BCUT2D eigenvalue weighted by molar-refractivity contribution is 6.02. The van der Waals surface area contributed by atoms with E-state index in [4.69, 9.17) is 10.5 Å². The van der Waals surface area contributed by atoms with Crippen LogP contribution in [0.3, 0.4) is 0 Å². The van der Waals surface area contributed by atoms with Gasteiger partial charge in [-0.05, 0) is 41.8 Å². The number of methoxy groups -OCH3 is 1. The van der Waals surface area contributed by atoms with Gasteiger partial charge in [-0.3, -0.25) is 14.4 Å². The molecule has 0 radical (unpaired) electrons. The monoisotopic (exact) mass is 467 g/mol. The van der Waals surface area contributed by atoms with Crippen LogP contribution in [-0.4, -0.2) is 34.6 Å². The largest absolute Gasteiger partial charge is 0.496 e. The molecule has 0 bridgehead atoms. The third-order valence-corrected chi connectivity index (χ3v) is 5.03. The Balaban J connectivity index is 1.85. The molecule has 0 spiro atoms. The first-order chi connectivity index (χ1) is 16.1. The van der Waals surface area contributed by atoms with Crippen molar-refractivity contribution in [2.75, 3.05) is 12.4 Å². The second-order valence-corrected chi connectivity index (χ2v) is 7.91. The van der Waals surface area contributed by atoms with Gasteiger partial charge in [0.2, 0.25) is 5.91 Å². The number of hydrogen-bond acceptors (Lipinski definition) is 5. The van der Waals surface area contributed by atoms with E-state index in [0.717, 1.165) is 11.6 Å². The van der Waals surface area contributed by atoms with E-state index in [1.54, 1.807) is 24.3 Å². The minimum Gasteiger partial charge on any atom is -0.496 e. The summed E-state index contributed by atoms with van der Waals surface area (Å²) < 4.78 is 20.1. The summed E-state index contributed by atoms with van der Waals surface area (Å²) in [6.45, 7) is 5.30. The summed E-state index contributed by atoms with van der Waals surface area (Å²) in [5.41, 5.74) is 7.89. The molecule has 0 aliphatic carbocycles. The highest BCUT2D eigenvalue weighted by Gasteiger charge is 2.25. The maximum Gasteiger partial charge on any atom is 0.269 e. The van der Waals surface area contributed by atoms with E-state index in [1.165, 1.54) is 30.8 Å². The van der Waals surface area contributed by atoms with Gasteiger partial charge in [-0.15, -0.1) is 0 Å². The molecule has 3 amide bonds. The number of amides is 3. The number of aromatic nitrogens is 2. The van der Waals surface area contributed by atoms with Crippen LogP contribution in [0.15, 0.2) is 42.5 Å². The van der Waals surface area contributed by atoms with Crippen LogP contribution in [0.1, 0.15) is 58.8 Å². The van der Waals surface area contributed by atoms with Crippen molar-refractivity contribution in [2.45, 2.75) is 33.2 Å². The molecule has 178 valence electrons. The van der Waals surface area contributed by atoms with Gasteiger partial charge in [-0.1, -0.05) is 26.0 Å². The summed E-state index contributed by atoms with van der Waals surface area (Å²) >= 11 is 0. The smallest absolute Gasteiger partial charge is 0.269 e. The normalized spacial score (nSPS) is 10.8. The number of rotatable bonds is 8. The molecule has 3 rings (SSSR count). The van der Waals surface area contributed by atoms with E-state index >= 15 is 0 Å². The Morgan fingerprint density at radius 2 is 1.82 bits per heavy atom. The van der Waals surface area contributed by atoms with Crippen molar-refractivity contribution >= 4 is 23.4 Å². The highest BCUT2D eigenvalue weighted by atomic mass is 19.1. The van der Waals surface area contributed by atoms with E-state index in [1.807, 2.05) is 13.8 Å². The molecular formula is C24H26FN5O4. The molecule has 0 saturated heterocycles. The molecule has 0 unspecified atom stereocenters. The molecule has 2 aromatic carbocycles. The number of nitrogens with one attached hydrogen (secondary N) is 2. The highest BCUT2D eigenvalue weighted by Crippen LogP contribution is 2.29. The lowest BCUT2D eigenvalue weighted by Gasteiger charge is -2.11. The first-order valence-corrected chi connectivity index (χ1v) is 10.5. The number of benzene rings is 2. The van der Waals surface area contributed by atoms with Gasteiger partial charge in [0, 0.05) is 13.5 Å². The molecule has 3 aromatic rings. The van der Waals surface area contributed by atoms with E-state index < -0.39 is 17.6 Å². The number of nitrogens with zero attached hydrogens (tertiary/aromatic N) is 2. The number of halogens is 1. The molecule has 1 heterocycles. The number of hydrogen-bond donors (Lipinski definition) is 3. The van der Waals surface area contributed by atoms with Gasteiger partial charge < -0.3 is 21.1 Å². The van der Waals surface area contributed by atoms with Crippen LogP contribution >= 0.6 is 0 Å². The maximum atomic E-state index is 13.6. The molecule has 34 heavy (non-hydrogen) atoms. The molecule has 0 saturated carbocycles. The Labute approximate surface area is 196 Å².